The first kappa shape index (κ1) is 16.4. The van der Waals surface area contributed by atoms with Gasteiger partial charge in [-0.2, -0.15) is 10.2 Å². The van der Waals surface area contributed by atoms with E-state index in [-0.39, 0.29) is 11.9 Å². The molecule has 1 aliphatic heterocycles. The van der Waals surface area contributed by atoms with Gasteiger partial charge in [-0.3, -0.25) is 9.78 Å². The van der Waals surface area contributed by atoms with E-state index in [0.29, 0.717) is 31.9 Å². The third-order valence-electron chi connectivity index (χ3n) is 4.49. The van der Waals surface area contributed by atoms with Crippen LogP contribution in [0.3, 0.4) is 0 Å². The average Bonchev–Trinajstić information content (AvgIpc) is 3.18. The van der Waals surface area contributed by atoms with E-state index in [1.807, 2.05) is 35.4 Å². The molecule has 1 amide bonds. The summed E-state index contributed by atoms with van der Waals surface area (Å²) >= 11 is 0. The summed E-state index contributed by atoms with van der Waals surface area (Å²) < 4.78 is 8.11. The van der Waals surface area contributed by atoms with E-state index in [2.05, 4.69) is 19.7 Å². The van der Waals surface area contributed by atoms with Crippen LogP contribution in [-0.2, 0) is 17.9 Å². The summed E-state index contributed by atoms with van der Waals surface area (Å²) in [5.41, 5.74) is 2.74. The van der Waals surface area contributed by atoms with Crippen molar-refractivity contribution in [2.24, 2.45) is 0 Å². The molecule has 0 saturated heterocycles. The molecule has 0 bridgehead atoms. The van der Waals surface area contributed by atoms with Crippen molar-refractivity contribution in [3.63, 3.8) is 0 Å². The minimum absolute atomic E-state index is 0.0357. The number of aromatic nitrogens is 4. The molecule has 4 heterocycles. The number of nitrogens with zero attached hydrogens (tertiary/aromatic N) is 5. The van der Waals surface area contributed by atoms with Crippen LogP contribution in [0.1, 0.15) is 27.7 Å². The molecule has 7 nitrogen and oxygen atoms in total. The zero-order valence-corrected chi connectivity index (χ0v) is 14.2. The molecule has 0 aromatic carbocycles. The first-order valence-corrected chi connectivity index (χ1v) is 8.49. The molecule has 1 atom stereocenters. The number of fused-ring (bicyclic) bond motifs is 1. The molecule has 0 fully saturated rings. The first-order valence-electron chi connectivity index (χ1n) is 8.49. The topological polar surface area (TPSA) is 73.1 Å². The molecule has 3 aromatic rings. The number of ether oxygens (including phenoxy) is 1. The van der Waals surface area contributed by atoms with Crippen molar-refractivity contribution < 1.29 is 9.53 Å². The van der Waals surface area contributed by atoms with E-state index in [0.717, 1.165) is 11.3 Å². The van der Waals surface area contributed by atoms with Gasteiger partial charge in [-0.1, -0.05) is 0 Å². The van der Waals surface area contributed by atoms with Crippen LogP contribution in [0.4, 0.5) is 0 Å². The Morgan fingerprint density at radius 1 is 1.15 bits per heavy atom. The molecule has 0 saturated carbocycles. The fourth-order valence-corrected chi connectivity index (χ4v) is 3.20. The second-order valence-corrected chi connectivity index (χ2v) is 6.25. The van der Waals surface area contributed by atoms with Crippen molar-refractivity contribution in [1.82, 2.24) is 24.6 Å². The molecule has 0 unspecified atom stereocenters. The van der Waals surface area contributed by atoms with Gasteiger partial charge in [-0.15, -0.1) is 0 Å². The molecule has 0 radical (unpaired) electrons. The third-order valence-corrected chi connectivity index (χ3v) is 4.49. The SMILES string of the molecule is O=C(c1ccnnc1)N1Cc2cccn2[C@H](COCc2ccncc2)C1. The van der Waals surface area contributed by atoms with Gasteiger partial charge >= 0.3 is 0 Å². The lowest BCUT2D eigenvalue weighted by atomic mass is 10.1. The summed E-state index contributed by atoms with van der Waals surface area (Å²) in [5, 5.41) is 7.54. The van der Waals surface area contributed by atoms with Crippen LogP contribution in [0.5, 0.6) is 0 Å². The van der Waals surface area contributed by atoms with Crippen LogP contribution in [0.25, 0.3) is 0 Å². The van der Waals surface area contributed by atoms with Gasteiger partial charge in [-0.05, 0) is 35.9 Å². The van der Waals surface area contributed by atoms with Gasteiger partial charge < -0.3 is 14.2 Å². The van der Waals surface area contributed by atoms with Gasteiger partial charge in [0.25, 0.3) is 5.91 Å². The molecule has 3 aromatic heterocycles. The molecule has 0 N–H and O–H groups in total. The van der Waals surface area contributed by atoms with E-state index in [1.54, 1.807) is 18.5 Å². The maximum absolute atomic E-state index is 12.8. The molecule has 4 rings (SSSR count). The Bertz CT molecular complexity index is 866. The van der Waals surface area contributed by atoms with Crippen molar-refractivity contribution in [3.8, 4) is 0 Å². The summed E-state index contributed by atoms with van der Waals surface area (Å²) in [4.78, 5) is 18.6. The lowest BCUT2D eigenvalue weighted by molar-refractivity contribution is 0.0481. The minimum atomic E-state index is -0.0357. The molecular weight excluding hydrogens is 330 g/mol. The van der Waals surface area contributed by atoms with Crippen molar-refractivity contribution in [3.05, 3.63) is 78.1 Å². The van der Waals surface area contributed by atoms with Gasteiger partial charge in [0.05, 0.1) is 43.8 Å². The van der Waals surface area contributed by atoms with Crippen LogP contribution in [-0.4, -0.2) is 43.7 Å². The van der Waals surface area contributed by atoms with Gasteiger partial charge in [-0.25, -0.2) is 0 Å². The molecule has 132 valence electrons. The summed E-state index contributed by atoms with van der Waals surface area (Å²) in [5.74, 6) is -0.0357. The van der Waals surface area contributed by atoms with Crippen LogP contribution < -0.4 is 0 Å². The molecule has 0 spiro atoms. The lowest BCUT2D eigenvalue weighted by Gasteiger charge is -2.35. The highest BCUT2D eigenvalue weighted by molar-refractivity contribution is 5.93. The highest BCUT2D eigenvalue weighted by atomic mass is 16.5. The third kappa shape index (κ3) is 3.48. The van der Waals surface area contributed by atoms with Crippen LogP contribution in [0, 0.1) is 0 Å². The number of rotatable bonds is 5. The molecule has 0 aliphatic carbocycles. The molecule has 1 aliphatic rings. The fourth-order valence-electron chi connectivity index (χ4n) is 3.20. The Kier molecular flexibility index (Phi) is 4.70. The Labute approximate surface area is 151 Å². The van der Waals surface area contributed by atoms with E-state index in [9.17, 15) is 4.79 Å². The molecular formula is C19H19N5O2. The van der Waals surface area contributed by atoms with Crippen molar-refractivity contribution in [1.29, 1.82) is 0 Å². The van der Waals surface area contributed by atoms with Gasteiger partial charge in [0.15, 0.2) is 0 Å². The number of carbonyl (C=O) groups excluding carboxylic acids is 1. The summed E-state index contributed by atoms with van der Waals surface area (Å²) in [6, 6.07) is 9.70. The van der Waals surface area contributed by atoms with Crippen molar-refractivity contribution in [2.45, 2.75) is 19.2 Å². The second-order valence-electron chi connectivity index (χ2n) is 6.25. The fraction of sp³-hybridized carbons (Fsp3) is 0.263. The number of hydrogen-bond acceptors (Lipinski definition) is 5. The second kappa shape index (κ2) is 7.45. The Balaban J connectivity index is 1.45. The summed E-state index contributed by atoms with van der Waals surface area (Å²) in [6.45, 7) is 2.23. The normalized spacial score (nSPS) is 16.3. The predicted octanol–water partition coefficient (Wildman–Crippen LogP) is 2.09. The van der Waals surface area contributed by atoms with Gasteiger partial charge in [0, 0.05) is 30.8 Å². The quantitative estimate of drug-likeness (QED) is 0.705. The Morgan fingerprint density at radius 3 is 2.85 bits per heavy atom. The molecule has 7 heteroatoms. The highest BCUT2D eigenvalue weighted by Gasteiger charge is 2.28. The van der Waals surface area contributed by atoms with E-state index in [1.165, 1.54) is 12.4 Å². The van der Waals surface area contributed by atoms with Crippen LogP contribution >= 0.6 is 0 Å². The van der Waals surface area contributed by atoms with E-state index >= 15 is 0 Å². The van der Waals surface area contributed by atoms with Crippen LogP contribution in [0.2, 0.25) is 0 Å². The largest absolute Gasteiger partial charge is 0.375 e. The van der Waals surface area contributed by atoms with Crippen molar-refractivity contribution >= 4 is 5.91 Å². The summed E-state index contributed by atoms with van der Waals surface area (Å²) in [7, 11) is 0. The van der Waals surface area contributed by atoms with Gasteiger partial charge in [0.2, 0.25) is 0 Å². The Hall–Kier alpha value is -3.06. The minimum Gasteiger partial charge on any atom is -0.375 e. The maximum atomic E-state index is 12.8. The average molecular weight is 349 g/mol. The lowest BCUT2D eigenvalue weighted by Crippen LogP contribution is -2.42. The predicted molar refractivity (Wildman–Crippen MR) is 94.1 cm³/mol. The first-order chi connectivity index (χ1) is 12.8. The maximum Gasteiger partial charge on any atom is 0.255 e. The number of hydrogen-bond donors (Lipinski definition) is 0. The molecule has 26 heavy (non-hydrogen) atoms. The highest BCUT2D eigenvalue weighted by Crippen LogP contribution is 2.24. The van der Waals surface area contributed by atoms with Crippen molar-refractivity contribution in [2.75, 3.05) is 13.2 Å². The summed E-state index contributed by atoms with van der Waals surface area (Å²) in [6.07, 6.45) is 8.60. The standard InChI is InChI=1S/C19H19N5O2/c25-19(16-5-8-21-22-10-16)23-11-17-2-1-9-24(17)18(12-23)14-26-13-15-3-6-20-7-4-15/h1-10,18H,11-14H2/t18-/m0/s1. The van der Waals surface area contributed by atoms with E-state index in [4.69, 9.17) is 4.74 Å². The van der Waals surface area contributed by atoms with Gasteiger partial charge in [0.1, 0.15) is 0 Å². The zero-order chi connectivity index (χ0) is 17.8. The Morgan fingerprint density at radius 2 is 2.04 bits per heavy atom. The number of pyridine rings is 1. The monoisotopic (exact) mass is 349 g/mol. The van der Waals surface area contributed by atoms with E-state index < -0.39 is 0 Å². The zero-order valence-electron chi connectivity index (χ0n) is 14.2. The van der Waals surface area contributed by atoms with Crippen LogP contribution in [0.15, 0.2) is 61.3 Å². The number of carbonyl (C=O) groups is 1. The smallest absolute Gasteiger partial charge is 0.255 e. The number of amides is 1.